The molecule has 33 heavy (non-hydrogen) atoms. The molecule has 0 aliphatic heterocycles. The molecule has 0 unspecified atom stereocenters. The summed E-state index contributed by atoms with van der Waals surface area (Å²) in [7, 11) is 0. The highest BCUT2D eigenvalue weighted by Crippen LogP contribution is 2.61. The fraction of sp³-hybridized carbons (Fsp3) is 0.875. The van der Waals surface area contributed by atoms with Gasteiger partial charge in [-0.3, -0.25) is 4.79 Å². The Morgan fingerprint density at radius 3 is 2.09 bits per heavy atom. The number of fused-ring (bicyclic) bond motifs is 1. The number of hydrogen-bond acceptors (Lipinski definition) is 3. The minimum absolute atomic E-state index is 0.125. The van der Waals surface area contributed by atoms with Crippen LogP contribution in [0.5, 0.6) is 0 Å². The molecule has 2 N–H and O–H groups in total. The van der Waals surface area contributed by atoms with Gasteiger partial charge in [0, 0.05) is 18.8 Å². The van der Waals surface area contributed by atoms with Gasteiger partial charge >= 0.3 is 18.0 Å². The first-order valence-electron chi connectivity index (χ1n) is 11.4. The monoisotopic (exact) mass is 484 g/mol. The van der Waals surface area contributed by atoms with Gasteiger partial charge < -0.3 is 10.2 Å². The maximum atomic E-state index is 13.0. The predicted molar refractivity (Wildman–Crippen MR) is 111 cm³/mol. The third-order valence-corrected chi connectivity index (χ3v) is 7.82. The number of aliphatic hydroxyl groups is 2. The zero-order valence-electron chi connectivity index (χ0n) is 19.6. The van der Waals surface area contributed by atoms with Crippen molar-refractivity contribution in [2.45, 2.75) is 109 Å². The fourth-order valence-corrected chi connectivity index (χ4v) is 6.06. The topological polar surface area (TPSA) is 57.5 Å². The van der Waals surface area contributed by atoms with Crippen molar-refractivity contribution < 1.29 is 41.4 Å². The maximum Gasteiger partial charge on any atom is 0.438 e. The highest BCUT2D eigenvalue weighted by molar-refractivity contribution is 5.83. The molecule has 2 saturated carbocycles. The van der Waals surface area contributed by atoms with Crippen LogP contribution in [-0.2, 0) is 4.79 Å². The van der Waals surface area contributed by atoms with E-state index in [4.69, 9.17) is 0 Å². The molecule has 0 aromatic carbocycles. The molecule has 3 nitrogen and oxygen atoms in total. The van der Waals surface area contributed by atoms with Crippen LogP contribution in [0.4, 0.5) is 26.3 Å². The summed E-state index contributed by atoms with van der Waals surface area (Å²) in [6, 6.07) is 0. The lowest BCUT2D eigenvalue weighted by Crippen LogP contribution is -2.55. The normalized spacial score (nSPS) is 28.7. The fourth-order valence-electron chi connectivity index (χ4n) is 6.06. The summed E-state index contributed by atoms with van der Waals surface area (Å²) in [6.07, 6.45) is -7.71. The van der Waals surface area contributed by atoms with E-state index in [1.807, 2.05) is 12.8 Å². The minimum Gasteiger partial charge on any atom is -0.390 e. The molecule has 0 radical (unpaired) electrons. The number of Topliss-reactive ketones (excluding diaryl/α,β-unsaturated/α-hetero) is 1. The molecule has 2 rings (SSSR count). The van der Waals surface area contributed by atoms with Crippen LogP contribution in [0.3, 0.4) is 0 Å². The summed E-state index contributed by atoms with van der Waals surface area (Å²) in [4.78, 5) is 12.5. The highest BCUT2D eigenvalue weighted by atomic mass is 19.4. The van der Waals surface area contributed by atoms with Gasteiger partial charge in [-0.15, -0.1) is 0 Å². The number of carbonyl (C=O) groups excluding carboxylic acids is 1. The largest absolute Gasteiger partial charge is 0.438 e. The lowest BCUT2D eigenvalue weighted by molar-refractivity contribution is -0.343. The molecule has 9 heteroatoms. The number of ketones is 1. The molecule has 0 saturated heterocycles. The van der Waals surface area contributed by atoms with Crippen molar-refractivity contribution in [1.82, 2.24) is 0 Å². The molecule has 0 aromatic heterocycles. The Labute approximate surface area is 191 Å². The van der Waals surface area contributed by atoms with Crippen LogP contribution in [0.15, 0.2) is 0 Å². The molecule has 2 fully saturated rings. The molecule has 2 aliphatic carbocycles. The SMILES string of the molecule is CC(C)(O)CCC[C@@](C)(CC#CC(O)(C(F)(F)F)C(F)(F)F)[C@H]1CC[C@H]2C(=O)CCC[C@]12C. The Balaban J connectivity index is 2.39. The van der Waals surface area contributed by atoms with Crippen molar-refractivity contribution in [3.8, 4) is 11.8 Å². The Hall–Kier alpha value is -1.27. The molecule has 190 valence electrons. The summed E-state index contributed by atoms with van der Waals surface area (Å²) in [5.41, 5.74) is -7.25. The lowest BCUT2D eigenvalue weighted by Gasteiger charge is -2.48. The first kappa shape index (κ1) is 28.0. The van der Waals surface area contributed by atoms with Crippen LogP contribution in [0.25, 0.3) is 0 Å². The van der Waals surface area contributed by atoms with Gasteiger partial charge in [0.15, 0.2) is 0 Å². The van der Waals surface area contributed by atoms with Crippen LogP contribution >= 0.6 is 0 Å². The van der Waals surface area contributed by atoms with E-state index < -0.39 is 34.4 Å². The summed E-state index contributed by atoms with van der Waals surface area (Å²) >= 11 is 0. The second kappa shape index (κ2) is 9.07. The van der Waals surface area contributed by atoms with Crippen molar-refractivity contribution in [2.24, 2.45) is 22.7 Å². The number of alkyl halides is 6. The van der Waals surface area contributed by atoms with Crippen LogP contribution in [-0.4, -0.2) is 39.6 Å². The van der Waals surface area contributed by atoms with Crippen molar-refractivity contribution in [3.63, 3.8) is 0 Å². The lowest BCUT2D eigenvalue weighted by atomic mass is 9.56. The van der Waals surface area contributed by atoms with Crippen molar-refractivity contribution >= 4 is 5.78 Å². The van der Waals surface area contributed by atoms with Crippen molar-refractivity contribution in [3.05, 3.63) is 0 Å². The van der Waals surface area contributed by atoms with Gasteiger partial charge in [-0.1, -0.05) is 26.2 Å². The Morgan fingerprint density at radius 2 is 1.58 bits per heavy atom. The Bertz CT molecular complexity index is 771. The van der Waals surface area contributed by atoms with Crippen LogP contribution in [0, 0.1) is 34.5 Å². The van der Waals surface area contributed by atoms with Gasteiger partial charge in [-0.2, -0.15) is 26.3 Å². The average Bonchev–Trinajstić information content (AvgIpc) is 2.97. The first-order valence-corrected chi connectivity index (χ1v) is 11.4. The zero-order valence-corrected chi connectivity index (χ0v) is 19.6. The zero-order chi connectivity index (χ0) is 25.5. The second-order valence-electron chi connectivity index (χ2n) is 11.0. The minimum atomic E-state index is -5.99. The molecule has 0 bridgehead atoms. The smallest absolute Gasteiger partial charge is 0.390 e. The van der Waals surface area contributed by atoms with Crippen LogP contribution in [0.1, 0.15) is 85.5 Å². The predicted octanol–water partition coefficient (Wildman–Crippen LogP) is 5.97. The molecule has 0 amide bonds. The van der Waals surface area contributed by atoms with E-state index in [0.717, 1.165) is 12.3 Å². The van der Waals surface area contributed by atoms with Gasteiger partial charge in [-0.05, 0) is 75.0 Å². The van der Waals surface area contributed by atoms with Crippen LogP contribution < -0.4 is 0 Å². The summed E-state index contributed by atoms with van der Waals surface area (Å²) in [6.45, 7) is 7.05. The average molecular weight is 485 g/mol. The van der Waals surface area contributed by atoms with Gasteiger partial charge in [0.25, 0.3) is 0 Å². The standard InChI is InChI=1S/C24H34F6O3/c1-19(2,32)11-6-12-20(3,13-7-15-22(33,23(25,26)27)24(28,29)30)18-10-9-16-17(31)8-5-14-21(16,18)4/h16,18,32-33H,5-6,8-14H2,1-4H3/t16-,18+,20-,21-/m0/s1. The molecule has 0 heterocycles. The van der Waals surface area contributed by atoms with Gasteiger partial charge in [0.1, 0.15) is 5.78 Å². The summed E-state index contributed by atoms with van der Waals surface area (Å²) in [5.74, 6) is 3.01. The molecule has 4 atom stereocenters. The van der Waals surface area contributed by atoms with Crippen molar-refractivity contribution in [2.75, 3.05) is 0 Å². The van der Waals surface area contributed by atoms with E-state index in [-0.39, 0.29) is 24.0 Å². The molecular formula is C24H34F6O3. The van der Waals surface area contributed by atoms with E-state index in [1.165, 1.54) is 0 Å². The number of rotatable bonds is 6. The van der Waals surface area contributed by atoms with Crippen molar-refractivity contribution in [1.29, 1.82) is 0 Å². The van der Waals surface area contributed by atoms with E-state index in [2.05, 4.69) is 0 Å². The number of carbonyl (C=O) groups is 1. The van der Waals surface area contributed by atoms with E-state index >= 15 is 0 Å². The van der Waals surface area contributed by atoms with E-state index in [9.17, 15) is 41.4 Å². The quantitative estimate of drug-likeness (QED) is 0.361. The van der Waals surface area contributed by atoms with E-state index in [0.29, 0.717) is 44.9 Å². The highest BCUT2D eigenvalue weighted by Gasteiger charge is 2.70. The molecule has 0 spiro atoms. The second-order valence-corrected chi connectivity index (χ2v) is 11.0. The van der Waals surface area contributed by atoms with E-state index in [1.54, 1.807) is 20.8 Å². The van der Waals surface area contributed by atoms with Crippen LogP contribution in [0.2, 0.25) is 0 Å². The van der Waals surface area contributed by atoms with Gasteiger partial charge in [0.05, 0.1) is 5.60 Å². The molecular weight excluding hydrogens is 450 g/mol. The van der Waals surface area contributed by atoms with Gasteiger partial charge in [0.2, 0.25) is 0 Å². The maximum absolute atomic E-state index is 13.0. The first-order chi connectivity index (χ1) is 14.8. The Kier molecular flexibility index (Phi) is 7.69. The van der Waals surface area contributed by atoms with Gasteiger partial charge in [-0.25, -0.2) is 0 Å². The molecule has 0 aromatic rings. The third-order valence-electron chi connectivity index (χ3n) is 7.82. The molecule has 2 aliphatic rings. The summed E-state index contributed by atoms with van der Waals surface area (Å²) in [5, 5.41) is 19.5. The number of hydrogen-bond donors (Lipinski definition) is 2. The number of halogens is 6. The summed E-state index contributed by atoms with van der Waals surface area (Å²) < 4.78 is 78.3. The third kappa shape index (κ3) is 5.70. The Morgan fingerprint density at radius 1 is 1.00 bits per heavy atom.